The van der Waals surface area contributed by atoms with Crippen molar-refractivity contribution >= 4 is 5.91 Å². The lowest BCUT2D eigenvalue weighted by Crippen LogP contribution is -2.30. The van der Waals surface area contributed by atoms with Crippen LogP contribution in [0.4, 0.5) is 0 Å². The molecule has 0 saturated heterocycles. The molecule has 0 aliphatic heterocycles. The summed E-state index contributed by atoms with van der Waals surface area (Å²) in [7, 11) is 0. The third-order valence-electron chi connectivity index (χ3n) is 2.76. The molecule has 1 aromatic rings. The van der Waals surface area contributed by atoms with Gasteiger partial charge >= 0.3 is 0 Å². The largest absolute Gasteiger partial charge is 0.380 e. The molecule has 0 radical (unpaired) electrons. The Morgan fingerprint density at radius 2 is 2.16 bits per heavy atom. The SMILES string of the molecule is CCCCCCCOCCn1cc(C(=O)NN)nn1. The van der Waals surface area contributed by atoms with E-state index in [1.807, 2.05) is 5.43 Å². The Morgan fingerprint density at radius 1 is 1.37 bits per heavy atom. The smallest absolute Gasteiger partial charge is 0.287 e. The van der Waals surface area contributed by atoms with Gasteiger partial charge in [-0.05, 0) is 6.42 Å². The molecule has 0 unspecified atom stereocenters. The lowest BCUT2D eigenvalue weighted by molar-refractivity contribution is 0.0948. The number of aromatic nitrogens is 3. The Bertz CT molecular complexity index is 367. The van der Waals surface area contributed by atoms with Crippen LogP contribution in [-0.4, -0.2) is 34.1 Å². The van der Waals surface area contributed by atoms with Crippen LogP contribution in [0.5, 0.6) is 0 Å². The maximum absolute atomic E-state index is 11.1. The number of amides is 1. The maximum atomic E-state index is 11.1. The van der Waals surface area contributed by atoms with E-state index in [-0.39, 0.29) is 5.69 Å². The Morgan fingerprint density at radius 3 is 2.89 bits per heavy atom. The fourth-order valence-corrected chi connectivity index (χ4v) is 1.65. The summed E-state index contributed by atoms with van der Waals surface area (Å²) in [5.74, 6) is 4.56. The summed E-state index contributed by atoms with van der Waals surface area (Å²) in [4.78, 5) is 11.1. The van der Waals surface area contributed by atoms with E-state index < -0.39 is 5.91 Å². The highest BCUT2D eigenvalue weighted by molar-refractivity contribution is 5.91. The summed E-state index contributed by atoms with van der Waals surface area (Å²) in [6, 6.07) is 0. The van der Waals surface area contributed by atoms with Gasteiger partial charge < -0.3 is 4.74 Å². The van der Waals surface area contributed by atoms with Crippen LogP contribution in [0.15, 0.2) is 6.20 Å². The van der Waals surface area contributed by atoms with Crippen molar-refractivity contribution in [2.24, 2.45) is 5.84 Å². The number of nitrogens with zero attached hydrogens (tertiary/aromatic N) is 3. The van der Waals surface area contributed by atoms with Crippen molar-refractivity contribution < 1.29 is 9.53 Å². The molecule has 1 amide bonds. The average molecular weight is 269 g/mol. The second-order valence-electron chi connectivity index (χ2n) is 4.37. The van der Waals surface area contributed by atoms with Crippen molar-refractivity contribution in [3.8, 4) is 0 Å². The molecule has 7 nitrogen and oxygen atoms in total. The summed E-state index contributed by atoms with van der Waals surface area (Å²) in [6.07, 6.45) is 7.69. The summed E-state index contributed by atoms with van der Waals surface area (Å²) in [5.41, 5.74) is 2.22. The van der Waals surface area contributed by atoms with Gasteiger partial charge in [0.05, 0.1) is 19.3 Å². The molecule has 0 bridgehead atoms. The molecule has 0 atom stereocenters. The van der Waals surface area contributed by atoms with Crippen LogP contribution >= 0.6 is 0 Å². The van der Waals surface area contributed by atoms with Crippen molar-refractivity contribution in [1.29, 1.82) is 0 Å². The van der Waals surface area contributed by atoms with E-state index in [0.29, 0.717) is 13.2 Å². The van der Waals surface area contributed by atoms with Gasteiger partial charge in [-0.1, -0.05) is 37.8 Å². The topological polar surface area (TPSA) is 95.1 Å². The molecule has 1 heterocycles. The van der Waals surface area contributed by atoms with Gasteiger partial charge in [-0.2, -0.15) is 0 Å². The van der Waals surface area contributed by atoms with Crippen LogP contribution in [0.25, 0.3) is 0 Å². The van der Waals surface area contributed by atoms with E-state index in [9.17, 15) is 4.79 Å². The normalized spacial score (nSPS) is 10.6. The van der Waals surface area contributed by atoms with E-state index in [4.69, 9.17) is 10.6 Å². The summed E-state index contributed by atoms with van der Waals surface area (Å²) in [6.45, 7) is 4.13. The number of nitrogen functional groups attached to an aromatic ring is 1. The fourth-order valence-electron chi connectivity index (χ4n) is 1.65. The zero-order valence-electron chi connectivity index (χ0n) is 11.5. The number of hydrazine groups is 1. The highest BCUT2D eigenvalue weighted by Crippen LogP contribution is 2.02. The van der Waals surface area contributed by atoms with Gasteiger partial charge in [0.15, 0.2) is 5.69 Å². The van der Waals surface area contributed by atoms with Crippen LogP contribution in [0.3, 0.4) is 0 Å². The minimum Gasteiger partial charge on any atom is -0.380 e. The number of carbonyl (C=O) groups is 1. The van der Waals surface area contributed by atoms with E-state index in [0.717, 1.165) is 13.0 Å². The molecule has 1 aromatic heterocycles. The summed E-state index contributed by atoms with van der Waals surface area (Å²) < 4.78 is 7.07. The lowest BCUT2D eigenvalue weighted by atomic mass is 10.2. The Balaban J connectivity index is 2.06. The van der Waals surface area contributed by atoms with Crippen LogP contribution < -0.4 is 11.3 Å². The number of nitrogens with two attached hydrogens (primary N) is 1. The molecule has 0 fully saturated rings. The minimum absolute atomic E-state index is 0.210. The van der Waals surface area contributed by atoms with Crippen molar-refractivity contribution in [3.05, 3.63) is 11.9 Å². The first kappa shape index (κ1) is 15.6. The average Bonchev–Trinajstić information content (AvgIpc) is 2.89. The second-order valence-corrected chi connectivity index (χ2v) is 4.37. The van der Waals surface area contributed by atoms with E-state index >= 15 is 0 Å². The molecule has 0 aromatic carbocycles. The zero-order valence-corrected chi connectivity index (χ0v) is 11.5. The van der Waals surface area contributed by atoms with Crippen molar-refractivity contribution in [2.45, 2.75) is 45.6 Å². The molecule has 0 aliphatic rings. The molecule has 19 heavy (non-hydrogen) atoms. The number of carbonyl (C=O) groups excluding carboxylic acids is 1. The van der Waals surface area contributed by atoms with Gasteiger partial charge in [0, 0.05) is 6.61 Å². The van der Waals surface area contributed by atoms with Gasteiger partial charge in [-0.15, -0.1) is 5.10 Å². The summed E-state index contributed by atoms with van der Waals surface area (Å²) in [5, 5.41) is 7.51. The van der Waals surface area contributed by atoms with E-state index in [1.54, 1.807) is 10.9 Å². The number of ether oxygens (including phenoxy) is 1. The van der Waals surface area contributed by atoms with Gasteiger partial charge in [0.25, 0.3) is 5.91 Å². The van der Waals surface area contributed by atoms with Crippen molar-refractivity contribution in [2.75, 3.05) is 13.2 Å². The zero-order chi connectivity index (χ0) is 13.9. The van der Waals surface area contributed by atoms with Crippen LogP contribution in [0.1, 0.15) is 49.5 Å². The molecule has 108 valence electrons. The molecular formula is C12H23N5O2. The first-order valence-corrected chi connectivity index (χ1v) is 6.76. The van der Waals surface area contributed by atoms with Crippen LogP contribution in [0.2, 0.25) is 0 Å². The quantitative estimate of drug-likeness (QED) is 0.284. The molecule has 7 heteroatoms. The number of hydrogen-bond donors (Lipinski definition) is 2. The molecule has 0 saturated carbocycles. The Hall–Kier alpha value is -1.47. The van der Waals surface area contributed by atoms with Gasteiger partial charge in [-0.25, -0.2) is 10.5 Å². The first-order valence-electron chi connectivity index (χ1n) is 6.76. The number of unbranched alkanes of at least 4 members (excludes halogenated alkanes) is 4. The highest BCUT2D eigenvalue weighted by Gasteiger charge is 2.08. The Kier molecular flexibility index (Phi) is 7.76. The predicted molar refractivity (Wildman–Crippen MR) is 71.3 cm³/mol. The maximum Gasteiger partial charge on any atom is 0.287 e. The number of hydrogen-bond acceptors (Lipinski definition) is 5. The molecular weight excluding hydrogens is 246 g/mol. The third kappa shape index (κ3) is 6.30. The van der Waals surface area contributed by atoms with Gasteiger partial charge in [0.2, 0.25) is 0 Å². The summed E-state index contributed by atoms with van der Waals surface area (Å²) >= 11 is 0. The fraction of sp³-hybridized carbons (Fsp3) is 0.750. The highest BCUT2D eigenvalue weighted by atomic mass is 16.5. The van der Waals surface area contributed by atoms with Crippen molar-refractivity contribution in [3.63, 3.8) is 0 Å². The minimum atomic E-state index is -0.442. The second kappa shape index (κ2) is 9.46. The van der Waals surface area contributed by atoms with E-state index in [1.165, 1.54) is 25.7 Å². The lowest BCUT2D eigenvalue weighted by Gasteiger charge is -2.03. The monoisotopic (exact) mass is 269 g/mol. The standard InChI is InChI=1S/C12H23N5O2/c1-2-3-4-5-6-8-19-9-7-17-10-11(15-16-17)12(18)14-13/h10H,2-9,13H2,1H3,(H,14,18). The molecule has 0 aliphatic carbocycles. The number of nitrogens with one attached hydrogen (secondary N) is 1. The van der Waals surface area contributed by atoms with Crippen molar-refractivity contribution in [1.82, 2.24) is 20.4 Å². The van der Waals surface area contributed by atoms with Gasteiger partial charge in [-0.3, -0.25) is 10.2 Å². The van der Waals surface area contributed by atoms with Crippen LogP contribution in [0, 0.1) is 0 Å². The van der Waals surface area contributed by atoms with Gasteiger partial charge in [0.1, 0.15) is 0 Å². The molecule has 0 spiro atoms. The molecule has 1 rings (SSSR count). The third-order valence-corrected chi connectivity index (χ3v) is 2.76. The Labute approximate surface area is 113 Å². The number of rotatable bonds is 10. The molecule has 3 N–H and O–H groups in total. The predicted octanol–water partition coefficient (Wildman–Crippen LogP) is 0.869. The van der Waals surface area contributed by atoms with Crippen LogP contribution in [-0.2, 0) is 11.3 Å². The van der Waals surface area contributed by atoms with E-state index in [2.05, 4.69) is 17.2 Å². The first-order chi connectivity index (χ1) is 9.27.